The SMILES string of the molecule is COc1cc2c(Nc3cccc4c3ccn4C)ncnc2cc1OCCCN1CCOCC1. The predicted octanol–water partition coefficient (Wildman–Crippen LogP) is 3.97. The minimum Gasteiger partial charge on any atom is -0.493 e. The van der Waals surface area contributed by atoms with Crippen molar-refractivity contribution in [3.63, 3.8) is 0 Å². The lowest BCUT2D eigenvalue weighted by Crippen LogP contribution is -2.37. The van der Waals surface area contributed by atoms with Crippen LogP contribution in [0.25, 0.3) is 21.8 Å². The molecule has 0 aliphatic carbocycles. The molecule has 3 heterocycles. The maximum atomic E-state index is 6.08. The second-order valence-electron chi connectivity index (χ2n) is 8.19. The van der Waals surface area contributed by atoms with Gasteiger partial charge in [0.2, 0.25) is 0 Å². The van der Waals surface area contributed by atoms with E-state index in [4.69, 9.17) is 14.2 Å². The summed E-state index contributed by atoms with van der Waals surface area (Å²) in [5.74, 6) is 2.10. The van der Waals surface area contributed by atoms with E-state index in [9.17, 15) is 0 Å². The van der Waals surface area contributed by atoms with E-state index >= 15 is 0 Å². The maximum Gasteiger partial charge on any atom is 0.163 e. The number of aromatic nitrogens is 3. The quantitative estimate of drug-likeness (QED) is 0.410. The molecule has 1 fully saturated rings. The Labute approximate surface area is 193 Å². The highest BCUT2D eigenvalue weighted by Crippen LogP contribution is 2.35. The number of ether oxygens (including phenoxy) is 3. The molecule has 0 radical (unpaired) electrons. The number of hydrogen-bond acceptors (Lipinski definition) is 7. The normalized spacial score (nSPS) is 14.6. The summed E-state index contributed by atoms with van der Waals surface area (Å²) >= 11 is 0. The Kier molecular flexibility index (Phi) is 6.28. The average molecular weight is 448 g/mol. The van der Waals surface area contributed by atoms with Gasteiger partial charge in [0.1, 0.15) is 12.1 Å². The second kappa shape index (κ2) is 9.64. The summed E-state index contributed by atoms with van der Waals surface area (Å²) in [5.41, 5.74) is 2.95. The largest absolute Gasteiger partial charge is 0.493 e. The molecular formula is C25H29N5O3. The summed E-state index contributed by atoms with van der Waals surface area (Å²) in [6, 6.07) is 12.2. The van der Waals surface area contributed by atoms with Crippen LogP contribution in [-0.4, -0.2) is 66.0 Å². The van der Waals surface area contributed by atoms with Crippen molar-refractivity contribution in [2.24, 2.45) is 7.05 Å². The van der Waals surface area contributed by atoms with Crippen LogP contribution in [0.2, 0.25) is 0 Å². The molecule has 1 N–H and O–H groups in total. The summed E-state index contributed by atoms with van der Waals surface area (Å²) in [6.07, 6.45) is 4.57. The molecule has 1 saturated heterocycles. The number of fused-ring (bicyclic) bond motifs is 2. The van der Waals surface area contributed by atoms with Gasteiger partial charge in [-0.25, -0.2) is 9.97 Å². The summed E-state index contributed by atoms with van der Waals surface area (Å²) in [5, 5.41) is 5.50. The van der Waals surface area contributed by atoms with Crippen molar-refractivity contribution in [2.75, 3.05) is 51.9 Å². The van der Waals surface area contributed by atoms with Crippen LogP contribution in [0.15, 0.2) is 48.9 Å². The monoisotopic (exact) mass is 447 g/mol. The van der Waals surface area contributed by atoms with Crippen LogP contribution < -0.4 is 14.8 Å². The van der Waals surface area contributed by atoms with Gasteiger partial charge in [-0.1, -0.05) is 6.07 Å². The predicted molar refractivity (Wildman–Crippen MR) is 130 cm³/mol. The molecule has 5 rings (SSSR count). The molecule has 2 aromatic carbocycles. The minimum absolute atomic E-state index is 0.616. The number of rotatable bonds is 8. The van der Waals surface area contributed by atoms with Crippen molar-refractivity contribution in [3.05, 3.63) is 48.9 Å². The fourth-order valence-corrected chi connectivity index (χ4v) is 4.27. The van der Waals surface area contributed by atoms with Crippen LogP contribution in [0.4, 0.5) is 11.5 Å². The molecule has 1 aliphatic heterocycles. The molecule has 0 unspecified atom stereocenters. The van der Waals surface area contributed by atoms with Crippen molar-refractivity contribution < 1.29 is 14.2 Å². The van der Waals surface area contributed by atoms with Gasteiger partial charge >= 0.3 is 0 Å². The molecule has 0 bridgehead atoms. The average Bonchev–Trinajstić information content (AvgIpc) is 3.24. The summed E-state index contributed by atoms with van der Waals surface area (Å²) in [4.78, 5) is 11.4. The van der Waals surface area contributed by atoms with Crippen molar-refractivity contribution in [1.29, 1.82) is 0 Å². The number of hydrogen-bond donors (Lipinski definition) is 1. The van der Waals surface area contributed by atoms with Crippen LogP contribution in [-0.2, 0) is 11.8 Å². The third-order valence-electron chi connectivity index (χ3n) is 6.08. The Hall–Kier alpha value is -3.36. The topological polar surface area (TPSA) is 73.7 Å². The number of nitrogens with zero attached hydrogens (tertiary/aromatic N) is 4. The molecule has 0 amide bonds. The first-order valence-electron chi connectivity index (χ1n) is 11.3. The standard InChI is InChI=1S/C25H29N5O3/c1-29-9-7-18-20(5-3-6-22(18)29)28-25-19-15-23(31-2)24(16-21(19)26-17-27-25)33-12-4-8-30-10-13-32-14-11-30/h3,5-7,9,15-17H,4,8,10-14H2,1-2H3,(H,26,27,28). The molecule has 1 aliphatic rings. The number of methoxy groups -OCH3 is 1. The van der Waals surface area contributed by atoms with Gasteiger partial charge < -0.3 is 24.1 Å². The van der Waals surface area contributed by atoms with Gasteiger partial charge in [0.25, 0.3) is 0 Å². The van der Waals surface area contributed by atoms with E-state index in [0.717, 1.165) is 72.6 Å². The zero-order valence-electron chi connectivity index (χ0n) is 19.1. The Morgan fingerprint density at radius 3 is 2.79 bits per heavy atom. The molecule has 4 aromatic rings. The smallest absolute Gasteiger partial charge is 0.163 e. The third-order valence-corrected chi connectivity index (χ3v) is 6.08. The molecule has 33 heavy (non-hydrogen) atoms. The fraction of sp³-hybridized carbons (Fsp3) is 0.360. The van der Waals surface area contributed by atoms with Gasteiger partial charge in [0, 0.05) is 60.9 Å². The highest BCUT2D eigenvalue weighted by atomic mass is 16.5. The van der Waals surface area contributed by atoms with Crippen LogP contribution >= 0.6 is 0 Å². The zero-order valence-corrected chi connectivity index (χ0v) is 19.1. The first-order valence-corrected chi connectivity index (χ1v) is 11.3. The number of nitrogens with one attached hydrogen (secondary N) is 1. The van der Waals surface area contributed by atoms with Crippen molar-refractivity contribution in [1.82, 2.24) is 19.4 Å². The fourth-order valence-electron chi connectivity index (χ4n) is 4.27. The number of morpholine rings is 1. The van der Waals surface area contributed by atoms with Crippen LogP contribution in [0.3, 0.4) is 0 Å². The molecule has 172 valence electrons. The number of benzene rings is 2. The van der Waals surface area contributed by atoms with Gasteiger partial charge in [0.15, 0.2) is 11.5 Å². The molecule has 0 atom stereocenters. The first kappa shape index (κ1) is 21.5. The van der Waals surface area contributed by atoms with Gasteiger partial charge in [0.05, 0.1) is 32.4 Å². The van der Waals surface area contributed by atoms with Crippen molar-refractivity contribution >= 4 is 33.3 Å². The van der Waals surface area contributed by atoms with E-state index < -0.39 is 0 Å². The molecule has 0 saturated carbocycles. The lowest BCUT2D eigenvalue weighted by molar-refractivity contribution is 0.0357. The summed E-state index contributed by atoms with van der Waals surface area (Å²) in [7, 11) is 3.70. The van der Waals surface area contributed by atoms with Crippen LogP contribution in [0.1, 0.15) is 6.42 Å². The maximum absolute atomic E-state index is 6.08. The van der Waals surface area contributed by atoms with E-state index in [2.05, 4.69) is 49.1 Å². The van der Waals surface area contributed by atoms with Crippen LogP contribution in [0, 0.1) is 0 Å². The Bertz CT molecular complexity index is 1250. The van der Waals surface area contributed by atoms with Gasteiger partial charge in [-0.05, 0) is 30.7 Å². The number of aryl methyl sites for hydroxylation is 1. The second-order valence-corrected chi connectivity index (χ2v) is 8.19. The highest BCUT2D eigenvalue weighted by molar-refractivity contribution is 5.98. The van der Waals surface area contributed by atoms with E-state index in [0.29, 0.717) is 18.1 Å². The Balaban J connectivity index is 1.35. The summed E-state index contributed by atoms with van der Waals surface area (Å²) < 4.78 is 19.2. The Morgan fingerprint density at radius 1 is 1.06 bits per heavy atom. The molecular weight excluding hydrogens is 418 g/mol. The zero-order chi connectivity index (χ0) is 22.6. The van der Waals surface area contributed by atoms with Gasteiger partial charge in [-0.3, -0.25) is 4.90 Å². The molecule has 0 spiro atoms. The van der Waals surface area contributed by atoms with E-state index in [1.54, 1.807) is 13.4 Å². The lowest BCUT2D eigenvalue weighted by atomic mass is 10.2. The van der Waals surface area contributed by atoms with E-state index in [-0.39, 0.29) is 0 Å². The van der Waals surface area contributed by atoms with Crippen LogP contribution in [0.5, 0.6) is 11.5 Å². The van der Waals surface area contributed by atoms with E-state index in [1.807, 2.05) is 25.2 Å². The molecule has 8 nitrogen and oxygen atoms in total. The van der Waals surface area contributed by atoms with Gasteiger partial charge in [-0.15, -0.1) is 0 Å². The first-order chi connectivity index (χ1) is 16.2. The molecule has 8 heteroatoms. The lowest BCUT2D eigenvalue weighted by Gasteiger charge is -2.26. The van der Waals surface area contributed by atoms with Gasteiger partial charge in [-0.2, -0.15) is 0 Å². The molecule has 2 aromatic heterocycles. The highest BCUT2D eigenvalue weighted by Gasteiger charge is 2.14. The number of anilines is 2. The van der Waals surface area contributed by atoms with Crippen molar-refractivity contribution in [3.8, 4) is 11.5 Å². The Morgan fingerprint density at radius 2 is 1.94 bits per heavy atom. The van der Waals surface area contributed by atoms with E-state index in [1.165, 1.54) is 0 Å². The minimum atomic E-state index is 0.616. The third kappa shape index (κ3) is 4.58. The summed E-state index contributed by atoms with van der Waals surface area (Å²) in [6.45, 7) is 5.22. The van der Waals surface area contributed by atoms with Crippen molar-refractivity contribution in [2.45, 2.75) is 6.42 Å².